The zero-order chi connectivity index (χ0) is 11.5. The highest BCUT2D eigenvalue weighted by Gasteiger charge is 2.01. The predicted octanol–water partition coefficient (Wildman–Crippen LogP) is 1.12. The van der Waals surface area contributed by atoms with Crippen LogP contribution in [0.1, 0.15) is 18.3 Å². The minimum Gasteiger partial charge on any atom is -0.275 e. The number of hydrogen-bond donors (Lipinski definition) is 1. The number of H-pyrrole nitrogens is 1. The van der Waals surface area contributed by atoms with Gasteiger partial charge in [0.25, 0.3) is 0 Å². The lowest BCUT2D eigenvalue weighted by molar-refractivity contribution is 0.767. The van der Waals surface area contributed by atoms with Crippen molar-refractivity contribution in [3.8, 4) is 0 Å². The average molecular weight is 236 g/mol. The van der Waals surface area contributed by atoms with Crippen molar-refractivity contribution in [3.63, 3.8) is 0 Å². The fourth-order valence-electron chi connectivity index (χ4n) is 1.30. The molecule has 2 heterocycles. The Morgan fingerprint density at radius 1 is 1.62 bits per heavy atom. The van der Waals surface area contributed by atoms with E-state index in [0.717, 1.165) is 17.8 Å². The first kappa shape index (κ1) is 10.7. The summed E-state index contributed by atoms with van der Waals surface area (Å²) in [6.07, 6.45) is 6.09. The van der Waals surface area contributed by atoms with Gasteiger partial charge in [-0.3, -0.25) is 9.78 Å². The Morgan fingerprint density at radius 2 is 2.44 bits per heavy atom. The van der Waals surface area contributed by atoms with E-state index in [1.54, 1.807) is 21.8 Å². The summed E-state index contributed by atoms with van der Waals surface area (Å²) in [7, 11) is 1.86. The topological polar surface area (TPSA) is 63.8 Å². The van der Waals surface area contributed by atoms with Crippen molar-refractivity contribution in [1.29, 1.82) is 0 Å². The van der Waals surface area contributed by atoms with Crippen LogP contribution in [0.5, 0.6) is 0 Å². The van der Waals surface area contributed by atoms with Gasteiger partial charge in [0.15, 0.2) is 5.82 Å². The average Bonchev–Trinajstić information content (AvgIpc) is 2.82. The van der Waals surface area contributed by atoms with Crippen LogP contribution >= 0.6 is 12.2 Å². The molecular formula is C9H12N6S. The molecular weight excluding hydrogens is 224 g/mol. The molecule has 0 atom stereocenters. The van der Waals surface area contributed by atoms with Gasteiger partial charge in [0.1, 0.15) is 0 Å². The van der Waals surface area contributed by atoms with Crippen LogP contribution in [0.3, 0.4) is 0 Å². The fourth-order valence-corrected chi connectivity index (χ4v) is 1.50. The lowest BCUT2D eigenvalue weighted by atomic mass is 10.4. The Hall–Kier alpha value is -1.76. The molecule has 0 bridgehead atoms. The minimum absolute atomic E-state index is 0.497. The summed E-state index contributed by atoms with van der Waals surface area (Å²) in [6, 6.07) is 0. The zero-order valence-electron chi connectivity index (χ0n) is 9.08. The number of rotatable bonds is 3. The molecule has 0 aliphatic rings. The Kier molecular flexibility index (Phi) is 2.95. The number of aryl methyl sites for hydroxylation is 2. The number of aromatic amines is 1. The van der Waals surface area contributed by atoms with Crippen molar-refractivity contribution in [3.05, 3.63) is 28.6 Å². The minimum atomic E-state index is 0.497. The maximum Gasteiger partial charge on any atom is 0.216 e. The molecule has 84 valence electrons. The van der Waals surface area contributed by atoms with Crippen LogP contribution in [0.2, 0.25) is 0 Å². The van der Waals surface area contributed by atoms with E-state index in [1.807, 2.05) is 20.2 Å². The number of hydrogen-bond acceptors (Lipinski definition) is 4. The highest BCUT2D eigenvalue weighted by atomic mass is 32.1. The first-order chi connectivity index (χ1) is 7.70. The van der Waals surface area contributed by atoms with Crippen LogP contribution in [-0.2, 0) is 13.5 Å². The number of aromatic nitrogens is 5. The summed E-state index contributed by atoms with van der Waals surface area (Å²) < 4.78 is 3.83. The molecule has 0 aliphatic carbocycles. The predicted molar refractivity (Wildman–Crippen MR) is 63.0 cm³/mol. The molecule has 0 aliphatic heterocycles. The van der Waals surface area contributed by atoms with E-state index in [0.29, 0.717) is 4.77 Å². The first-order valence-electron chi connectivity index (χ1n) is 4.90. The highest BCUT2D eigenvalue weighted by molar-refractivity contribution is 7.71. The van der Waals surface area contributed by atoms with Gasteiger partial charge in [0.05, 0.1) is 12.4 Å². The van der Waals surface area contributed by atoms with Gasteiger partial charge in [0, 0.05) is 25.2 Å². The van der Waals surface area contributed by atoms with Gasteiger partial charge in [-0.2, -0.15) is 20.0 Å². The lowest BCUT2D eigenvalue weighted by Gasteiger charge is -1.94. The van der Waals surface area contributed by atoms with Crippen molar-refractivity contribution >= 4 is 18.4 Å². The largest absolute Gasteiger partial charge is 0.275 e. The smallest absolute Gasteiger partial charge is 0.216 e. The Balaban J connectivity index is 2.29. The Labute approximate surface area is 97.6 Å². The monoisotopic (exact) mass is 236 g/mol. The molecule has 0 saturated carbocycles. The van der Waals surface area contributed by atoms with Gasteiger partial charge >= 0.3 is 0 Å². The van der Waals surface area contributed by atoms with E-state index >= 15 is 0 Å². The maximum absolute atomic E-state index is 5.07. The quantitative estimate of drug-likeness (QED) is 0.641. The molecule has 16 heavy (non-hydrogen) atoms. The van der Waals surface area contributed by atoms with Gasteiger partial charge in [0.2, 0.25) is 4.77 Å². The van der Waals surface area contributed by atoms with Gasteiger partial charge < -0.3 is 0 Å². The van der Waals surface area contributed by atoms with Crippen LogP contribution in [0.25, 0.3) is 0 Å². The summed E-state index contributed by atoms with van der Waals surface area (Å²) in [6.45, 7) is 2.00. The second-order valence-corrected chi connectivity index (χ2v) is 3.69. The van der Waals surface area contributed by atoms with E-state index in [-0.39, 0.29) is 0 Å². The lowest BCUT2D eigenvalue weighted by Crippen LogP contribution is -1.97. The summed E-state index contributed by atoms with van der Waals surface area (Å²) in [4.78, 5) is 0. The summed E-state index contributed by atoms with van der Waals surface area (Å²) >= 11 is 5.07. The molecule has 6 nitrogen and oxygen atoms in total. The normalized spacial score (nSPS) is 11.4. The van der Waals surface area contributed by atoms with Gasteiger partial charge in [-0.15, -0.1) is 0 Å². The maximum atomic E-state index is 5.07. The van der Waals surface area contributed by atoms with Crippen molar-refractivity contribution in [2.24, 2.45) is 12.1 Å². The molecule has 0 spiro atoms. The molecule has 0 fully saturated rings. The molecule has 0 aromatic carbocycles. The SMILES string of the molecule is CCc1n[nH]c(=S)n1/N=C/c1cnn(C)c1. The summed E-state index contributed by atoms with van der Waals surface area (Å²) in [5, 5.41) is 15.1. The van der Waals surface area contributed by atoms with Crippen LogP contribution in [0, 0.1) is 4.77 Å². The molecule has 0 saturated heterocycles. The second-order valence-electron chi connectivity index (χ2n) is 3.30. The van der Waals surface area contributed by atoms with Gasteiger partial charge in [-0.1, -0.05) is 6.92 Å². The zero-order valence-corrected chi connectivity index (χ0v) is 9.90. The molecule has 0 amide bonds. The first-order valence-corrected chi connectivity index (χ1v) is 5.31. The van der Waals surface area contributed by atoms with Crippen LogP contribution in [0.15, 0.2) is 17.5 Å². The van der Waals surface area contributed by atoms with Crippen molar-refractivity contribution in [2.45, 2.75) is 13.3 Å². The third-order valence-corrected chi connectivity index (χ3v) is 2.35. The van der Waals surface area contributed by atoms with Crippen molar-refractivity contribution < 1.29 is 0 Å². The van der Waals surface area contributed by atoms with E-state index in [9.17, 15) is 0 Å². The Morgan fingerprint density at radius 3 is 3.06 bits per heavy atom. The van der Waals surface area contributed by atoms with Crippen molar-refractivity contribution in [2.75, 3.05) is 0 Å². The molecule has 0 unspecified atom stereocenters. The van der Waals surface area contributed by atoms with Crippen LogP contribution in [-0.4, -0.2) is 30.9 Å². The van der Waals surface area contributed by atoms with Crippen LogP contribution in [0.4, 0.5) is 0 Å². The molecule has 2 aromatic rings. The molecule has 2 rings (SSSR count). The summed E-state index contributed by atoms with van der Waals surface area (Å²) in [5.41, 5.74) is 0.924. The number of nitrogens with one attached hydrogen (secondary N) is 1. The number of nitrogens with zero attached hydrogens (tertiary/aromatic N) is 5. The van der Waals surface area contributed by atoms with E-state index in [2.05, 4.69) is 20.4 Å². The van der Waals surface area contributed by atoms with Crippen LogP contribution < -0.4 is 0 Å². The van der Waals surface area contributed by atoms with Gasteiger partial charge in [-0.25, -0.2) is 0 Å². The van der Waals surface area contributed by atoms with E-state index in [4.69, 9.17) is 12.2 Å². The molecule has 0 radical (unpaired) electrons. The molecule has 7 heteroatoms. The Bertz CT molecular complexity index is 561. The molecule has 1 N–H and O–H groups in total. The van der Waals surface area contributed by atoms with E-state index < -0.39 is 0 Å². The van der Waals surface area contributed by atoms with Crippen molar-refractivity contribution in [1.82, 2.24) is 24.7 Å². The summed E-state index contributed by atoms with van der Waals surface area (Å²) in [5.74, 6) is 0.810. The third-order valence-electron chi connectivity index (χ3n) is 2.08. The van der Waals surface area contributed by atoms with E-state index in [1.165, 1.54) is 0 Å². The molecule has 2 aromatic heterocycles. The third kappa shape index (κ3) is 2.08. The fraction of sp³-hybridized carbons (Fsp3) is 0.333. The standard InChI is InChI=1S/C9H12N6S/c1-3-8-12-13-9(16)15(8)11-5-7-4-10-14(2)6-7/h4-6H,3H2,1-2H3,(H,13,16)/b11-5+. The second kappa shape index (κ2) is 4.40. The highest BCUT2D eigenvalue weighted by Crippen LogP contribution is 1.99. The van der Waals surface area contributed by atoms with Gasteiger partial charge in [-0.05, 0) is 12.2 Å².